The maximum absolute atomic E-state index is 12.5. The molecule has 1 N–H and O–H groups in total. The lowest BCUT2D eigenvalue weighted by atomic mass is 10.1. The Morgan fingerprint density at radius 2 is 1.54 bits per heavy atom. The zero-order valence-corrected chi connectivity index (χ0v) is 15.2. The summed E-state index contributed by atoms with van der Waals surface area (Å²) in [5, 5.41) is 0.0859. The highest BCUT2D eigenvalue weighted by atomic mass is 35.5. The van der Waals surface area contributed by atoms with E-state index in [1.54, 1.807) is 12.1 Å². The van der Waals surface area contributed by atoms with Gasteiger partial charge in [-0.15, -0.1) is 0 Å². The second kappa shape index (κ2) is 6.20. The van der Waals surface area contributed by atoms with Gasteiger partial charge in [-0.1, -0.05) is 35.3 Å². The molecule has 0 atom stereocenters. The van der Waals surface area contributed by atoms with Crippen molar-refractivity contribution in [1.82, 2.24) is 9.97 Å². The second-order valence-electron chi connectivity index (χ2n) is 5.32. The molecule has 0 bridgehead atoms. The van der Waals surface area contributed by atoms with Crippen LogP contribution in [0, 0.1) is 13.8 Å². The minimum absolute atomic E-state index is 0.0265. The molecule has 0 fully saturated rings. The summed E-state index contributed by atoms with van der Waals surface area (Å²) in [4.78, 5) is 8.46. The molecule has 2 aromatic carbocycles. The molecule has 0 aliphatic carbocycles. The van der Waals surface area contributed by atoms with Crippen LogP contribution in [0.25, 0.3) is 11.0 Å². The molecule has 24 heavy (non-hydrogen) atoms. The van der Waals surface area contributed by atoms with Gasteiger partial charge in [0.05, 0.1) is 16.1 Å². The monoisotopic (exact) mass is 381 g/mol. The average Bonchev–Trinajstić information content (AvgIpc) is 2.50. The van der Waals surface area contributed by atoms with Crippen molar-refractivity contribution in [2.75, 3.05) is 4.72 Å². The van der Waals surface area contributed by atoms with Crippen molar-refractivity contribution in [2.45, 2.75) is 18.7 Å². The molecule has 1 aromatic heterocycles. The lowest BCUT2D eigenvalue weighted by Crippen LogP contribution is -2.15. The number of halogens is 2. The molecule has 1 heterocycles. The summed E-state index contributed by atoms with van der Waals surface area (Å²) in [5.74, 6) is -0.0349. The number of nitrogens with zero attached hydrogens (tertiary/aromatic N) is 2. The predicted octanol–water partition coefficient (Wildman–Crippen LogP) is 4.35. The van der Waals surface area contributed by atoms with Crippen molar-refractivity contribution >= 4 is 50.1 Å². The maximum Gasteiger partial charge on any atom is 0.264 e. The molecule has 0 radical (unpaired) electrons. The van der Waals surface area contributed by atoms with Gasteiger partial charge in [-0.05, 0) is 49.2 Å². The number of aryl methyl sites for hydroxylation is 2. The van der Waals surface area contributed by atoms with E-state index in [4.69, 9.17) is 23.2 Å². The first-order chi connectivity index (χ1) is 11.3. The van der Waals surface area contributed by atoms with E-state index in [0.29, 0.717) is 11.0 Å². The van der Waals surface area contributed by atoms with Crippen LogP contribution >= 0.6 is 23.2 Å². The van der Waals surface area contributed by atoms with Crippen LogP contribution < -0.4 is 4.72 Å². The van der Waals surface area contributed by atoms with Crippen LogP contribution in [0.5, 0.6) is 0 Å². The Kier molecular flexibility index (Phi) is 4.38. The molecule has 0 amide bonds. The first-order valence-electron chi connectivity index (χ1n) is 7.00. The van der Waals surface area contributed by atoms with Gasteiger partial charge < -0.3 is 0 Å². The zero-order chi connectivity index (χ0) is 17.5. The number of hydrogen-bond acceptors (Lipinski definition) is 4. The SMILES string of the molecule is Cc1cc2nc(Cl)c(NS(=O)(=O)c3ccccc3Cl)nc2cc1C. The van der Waals surface area contributed by atoms with Crippen molar-refractivity contribution in [3.05, 3.63) is 57.7 Å². The van der Waals surface area contributed by atoms with E-state index in [9.17, 15) is 8.42 Å². The standard InChI is InChI=1S/C16H13Cl2N3O2S/c1-9-7-12-13(8-10(9)2)20-16(15(18)19-12)21-24(22,23)14-6-4-3-5-11(14)17/h3-8H,1-2H3,(H,20,21). The van der Waals surface area contributed by atoms with Crippen LogP contribution in [0.2, 0.25) is 10.2 Å². The lowest BCUT2D eigenvalue weighted by Gasteiger charge is -2.11. The van der Waals surface area contributed by atoms with Crippen LogP contribution in [0.3, 0.4) is 0 Å². The number of aromatic nitrogens is 2. The third kappa shape index (κ3) is 3.17. The van der Waals surface area contributed by atoms with Crippen LogP contribution in [0.15, 0.2) is 41.3 Å². The van der Waals surface area contributed by atoms with Gasteiger partial charge in [0.2, 0.25) is 0 Å². The van der Waals surface area contributed by atoms with E-state index in [1.165, 1.54) is 12.1 Å². The lowest BCUT2D eigenvalue weighted by molar-refractivity contribution is 0.601. The van der Waals surface area contributed by atoms with E-state index >= 15 is 0 Å². The van der Waals surface area contributed by atoms with Gasteiger partial charge in [-0.25, -0.2) is 18.4 Å². The van der Waals surface area contributed by atoms with E-state index in [0.717, 1.165) is 11.1 Å². The maximum atomic E-state index is 12.5. The molecule has 8 heteroatoms. The fraction of sp³-hybridized carbons (Fsp3) is 0.125. The van der Waals surface area contributed by atoms with Gasteiger partial charge in [0.25, 0.3) is 10.0 Å². The van der Waals surface area contributed by atoms with Crippen LogP contribution in [-0.4, -0.2) is 18.4 Å². The summed E-state index contributed by atoms with van der Waals surface area (Å²) >= 11 is 12.1. The fourth-order valence-corrected chi connectivity index (χ4v) is 3.97. The highest BCUT2D eigenvalue weighted by Gasteiger charge is 2.20. The van der Waals surface area contributed by atoms with Crippen molar-refractivity contribution in [3.63, 3.8) is 0 Å². The molecule has 0 aliphatic heterocycles. The van der Waals surface area contributed by atoms with E-state index < -0.39 is 10.0 Å². The zero-order valence-electron chi connectivity index (χ0n) is 12.8. The Balaban J connectivity index is 2.08. The molecule has 0 saturated carbocycles. The summed E-state index contributed by atoms with van der Waals surface area (Å²) in [6.45, 7) is 3.90. The summed E-state index contributed by atoms with van der Waals surface area (Å²) in [7, 11) is -3.92. The van der Waals surface area contributed by atoms with Crippen molar-refractivity contribution < 1.29 is 8.42 Å². The number of hydrogen-bond donors (Lipinski definition) is 1. The highest BCUT2D eigenvalue weighted by molar-refractivity contribution is 7.92. The number of benzene rings is 2. The Labute approximate surface area is 149 Å². The third-order valence-electron chi connectivity index (χ3n) is 3.59. The summed E-state index contributed by atoms with van der Waals surface area (Å²) < 4.78 is 27.4. The highest BCUT2D eigenvalue weighted by Crippen LogP contribution is 2.27. The molecule has 0 unspecified atom stereocenters. The number of nitrogens with one attached hydrogen (secondary N) is 1. The van der Waals surface area contributed by atoms with Crippen molar-refractivity contribution in [3.8, 4) is 0 Å². The Morgan fingerprint density at radius 3 is 2.17 bits per heavy atom. The number of rotatable bonds is 3. The van der Waals surface area contributed by atoms with Crippen molar-refractivity contribution in [1.29, 1.82) is 0 Å². The van der Waals surface area contributed by atoms with Gasteiger partial charge in [0.1, 0.15) is 4.90 Å². The molecule has 3 aromatic rings. The molecule has 0 spiro atoms. The Hall–Kier alpha value is -1.89. The van der Waals surface area contributed by atoms with Crippen LogP contribution in [-0.2, 0) is 10.0 Å². The predicted molar refractivity (Wildman–Crippen MR) is 96.3 cm³/mol. The van der Waals surface area contributed by atoms with Gasteiger partial charge in [0, 0.05) is 0 Å². The molecular weight excluding hydrogens is 369 g/mol. The first kappa shape index (κ1) is 17.0. The van der Waals surface area contributed by atoms with E-state index in [2.05, 4.69) is 14.7 Å². The normalized spacial score (nSPS) is 11.7. The Bertz CT molecular complexity index is 1050. The summed E-state index contributed by atoms with van der Waals surface area (Å²) in [6.07, 6.45) is 0. The third-order valence-corrected chi connectivity index (χ3v) is 5.70. The molecule has 0 saturated heterocycles. The summed E-state index contributed by atoms with van der Waals surface area (Å²) in [6, 6.07) is 9.82. The first-order valence-corrected chi connectivity index (χ1v) is 9.24. The van der Waals surface area contributed by atoms with Crippen molar-refractivity contribution in [2.24, 2.45) is 0 Å². The minimum atomic E-state index is -3.92. The van der Waals surface area contributed by atoms with Crippen LogP contribution in [0.4, 0.5) is 5.82 Å². The number of anilines is 1. The molecule has 5 nitrogen and oxygen atoms in total. The van der Waals surface area contributed by atoms with Gasteiger partial charge in [-0.2, -0.15) is 0 Å². The van der Waals surface area contributed by atoms with E-state index in [-0.39, 0.29) is 20.9 Å². The molecule has 124 valence electrons. The molecule has 0 aliphatic rings. The smallest absolute Gasteiger partial charge is 0.261 e. The quantitative estimate of drug-likeness (QED) is 0.731. The summed E-state index contributed by atoms with van der Waals surface area (Å²) in [5.41, 5.74) is 3.24. The van der Waals surface area contributed by atoms with Gasteiger partial charge in [-0.3, -0.25) is 4.72 Å². The minimum Gasteiger partial charge on any atom is -0.261 e. The second-order valence-corrected chi connectivity index (χ2v) is 7.74. The largest absolute Gasteiger partial charge is 0.264 e. The van der Waals surface area contributed by atoms with Crippen LogP contribution in [0.1, 0.15) is 11.1 Å². The number of sulfonamides is 1. The van der Waals surface area contributed by atoms with Gasteiger partial charge in [0.15, 0.2) is 11.0 Å². The fourth-order valence-electron chi connectivity index (χ4n) is 2.20. The molecular formula is C16H13Cl2N3O2S. The topological polar surface area (TPSA) is 72.0 Å². The average molecular weight is 382 g/mol. The molecule has 3 rings (SSSR count). The number of fused-ring (bicyclic) bond motifs is 1. The van der Waals surface area contributed by atoms with Gasteiger partial charge >= 0.3 is 0 Å². The Morgan fingerprint density at radius 1 is 0.958 bits per heavy atom. The van der Waals surface area contributed by atoms with E-state index in [1.807, 2.05) is 26.0 Å².